The van der Waals surface area contributed by atoms with Gasteiger partial charge in [0.2, 0.25) is 0 Å². The van der Waals surface area contributed by atoms with Crippen LogP contribution < -0.4 is 4.90 Å². The molecule has 0 aromatic carbocycles. The van der Waals surface area contributed by atoms with Gasteiger partial charge in [-0.3, -0.25) is 0 Å². The highest BCUT2D eigenvalue weighted by atomic mass is 15.4. The zero-order valence-electron chi connectivity index (χ0n) is 15.4. The monoisotopic (exact) mass is 363 g/mol. The molecule has 4 heterocycles. The second-order valence-electron chi connectivity index (χ2n) is 6.82. The minimum absolute atomic E-state index is 0.346. The highest BCUT2D eigenvalue weighted by molar-refractivity contribution is 5.54. The second kappa shape index (κ2) is 7.15. The van der Waals surface area contributed by atoms with E-state index in [0.717, 1.165) is 49.1 Å². The van der Waals surface area contributed by atoms with Crippen molar-refractivity contribution in [2.75, 3.05) is 18.0 Å². The van der Waals surface area contributed by atoms with Gasteiger partial charge >= 0.3 is 0 Å². The largest absolute Gasteiger partial charge is 0.355 e. The summed E-state index contributed by atoms with van der Waals surface area (Å²) in [5, 5.41) is 22.3. The number of pyridine rings is 1. The molecule has 0 N–H and O–H groups in total. The first-order valence-electron chi connectivity index (χ1n) is 8.99. The molecule has 27 heavy (non-hydrogen) atoms. The molecule has 9 nitrogen and oxygen atoms in total. The molecular formula is C18H21N9. The van der Waals surface area contributed by atoms with E-state index >= 15 is 0 Å². The van der Waals surface area contributed by atoms with Gasteiger partial charge in [-0.15, -0.1) is 10.2 Å². The normalized spacial score (nSPS) is 15.1. The third kappa shape index (κ3) is 3.38. The third-order valence-corrected chi connectivity index (χ3v) is 5.06. The Bertz CT molecular complexity index is 959. The second-order valence-corrected chi connectivity index (χ2v) is 6.82. The molecule has 9 heteroatoms. The molecule has 0 spiro atoms. The van der Waals surface area contributed by atoms with Gasteiger partial charge in [0, 0.05) is 31.7 Å². The fraction of sp³-hybridized carbons (Fsp3) is 0.444. The van der Waals surface area contributed by atoms with Crippen molar-refractivity contribution in [1.82, 2.24) is 34.5 Å². The number of aryl methyl sites for hydroxylation is 1. The number of hydrogen-bond donors (Lipinski definition) is 0. The average Bonchev–Trinajstić information content (AvgIpc) is 3.33. The Morgan fingerprint density at radius 3 is 2.74 bits per heavy atom. The Kier molecular flexibility index (Phi) is 4.54. The minimum atomic E-state index is 0.346. The maximum atomic E-state index is 9.36. The lowest BCUT2D eigenvalue weighted by Gasteiger charge is -2.32. The zero-order chi connectivity index (χ0) is 18.8. The van der Waals surface area contributed by atoms with Crippen LogP contribution in [-0.4, -0.2) is 47.6 Å². The lowest BCUT2D eigenvalue weighted by atomic mass is 9.95. The molecule has 3 aromatic rings. The van der Waals surface area contributed by atoms with E-state index in [-0.39, 0.29) is 0 Å². The van der Waals surface area contributed by atoms with Gasteiger partial charge in [0.15, 0.2) is 5.82 Å². The third-order valence-electron chi connectivity index (χ3n) is 5.06. The van der Waals surface area contributed by atoms with Crippen LogP contribution in [0.15, 0.2) is 24.8 Å². The molecule has 0 saturated carbocycles. The van der Waals surface area contributed by atoms with Gasteiger partial charge in [-0.1, -0.05) is 0 Å². The van der Waals surface area contributed by atoms with Gasteiger partial charge in [-0.25, -0.2) is 14.6 Å². The van der Waals surface area contributed by atoms with Gasteiger partial charge in [0.1, 0.15) is 36.9 Å². The molecule has 138 valence electrons. The van der Waals surface area contributed by atoms with Crippen LogP contribution >= 0.6 is 0 Å². The maximum absolute atomic E-state index is 9.36. The van der Waals surface area contributed by atoms with Crippen LogP contribution in [0, 0.1) is 18.3 Å². The summed E-state index contributed by atoms with van der Waals surface area (Å²) in [5.41, 5.74) is 1.56. The summed E-state index contributed by atoms with van der Waals surface area (Å²) < 4.78 is 3.80. The Hall–Kier alpha value is -3.28. The van der Waals surface area contributed by atoms with Crippen LogP contribution in [0.3, 0.4) is 0 Å². The zero-order valence-corrected chi connectivity index (χ0v) is 15.4. The summed E-state index contributed by atoms with van der Waals surface area (Å²) in [4.78, 5) is 10.7. The van der Waals surface area contributed by atoms with E-state index in [1.165, 1.54) is 6.33 Å². The summed E-state index contributed by atoms with van der Waals surface area (Å²) in [7, 11) is 2.00. The van der Waals surface area contributed by atoms with Gasteiger partial charge in [0.05, 0.1) is 5.56 Å². The van der Waals surface area contributed by atoms with Crippen LogP contribution in [0.5, 0.6) is 0 Å². The first-order valence-corrected chi connectivity index (χ1v) is 8.99. The number of anilines is 1. The lowest BCUT2D eigenvalue weighted by molar-refractivity contribution is 0.469. The van der Waals surface area contributed by atoms with E-state index in [2.05, 4.69) is 40.8 Å². The highest BCUT2D eigenvalue weighted by Gasteiger charge is 2.27. The lowest BCUT2D eigenvalue weighted by Crippen LogP contribution is -2.34. The predicted molar refractivity (Wildman–Crippen MR) is 98.0 cm³/mol. The SMILES string of the molecule is Cc1ccc(C#N)c(N2CCC(c3nnc(Cn4cncn4)n3C)CC2)n1. The van der Waals surface area contributed by atoms with E-state index in [4.69, 9.17) is 0 Å². The summed E-state index contributed by atoms with van der Waals surface area (Å²) in [5.74, 6) is 3.01. The van der Waals surface area contributed by atoms with E-state index < -0.39 is 0 Å². The van der Waals surface area contributed by atoms with Crippen LogP contribution in [-0.2, 0) is 13.6 Å². The number of rotatable bonds is 4. The molecule has 3 aromatic heterocycles. The number of nitrogens with zero attached hydrogens (tertiary/aromatic N) is 9. The molecule has 0 radical (unpaired) electrons. The Morgan fingerprint density at radius 1 is 1.22 bits per heavy atom. The van der Waals surface area contributed by atoms with E-state index in [9.17, 15) is 5.26 Å². The van der Waals surface area contributed by atoms with Crippen molar-refractivity contribution in [3.63, 3.8) is 0 Å². The van der Waals surface area contributed by atoms with Gasteiger partial charge < -0.3 is 9.47 Å². The summed E-state index contributed by atoms with van der Waals surface area (Å²) in [6, 6.07) is 5.98. The van der Waals surface area contributed by atoms with Crippen molar-refractivity contribution in [3.8, 4) is 6.07 Å². The van der Waals surface area contributed by atoms with Crippen molar-refractivity contribution in [1.29, 1.82) is 5.26 Å². The number of aromatic nitrogens is 7. The van der Waals surface area contributed by atoms with Gasteiger partial charge in [-0.2, -0.15) is 10.4 Å². The number of piperidine rings is 1. The van der Waals surface area contributed by atoms with Gasteiger partial charge in [0.25, 0.3) is 0 Å². The van der Waals surface area contributed by atoms with Crippen LogP contribution in [0.4, 0.5) is 5.82 Å². The fourth-order valence-electron chi connectivity index (χ4n) is 3.55. The summed E-state index contributed by atoms with van der Waals surface area (Å²) >= 11 is 0. The van der Waals surface area contributed by atoms with Crippen molar-refractivity contribution in [3.05, 3.63) is 47.7 Å². The average molecular weight is 363 g/mol. The Morgan fingerprint density at radius 2 is 2.04 bits per heavy atom. The van der Waals surface area contributed by atoms with Crippen LogP contribution in [0.2, 0.25) is 0 Å². The molecule has 0 unspecified atom stereocenters. The van der Waals surface area contributed by atoms with Crippen LogP contribution in [0.25, 0.3) is 0 Å². The first kappa shape index (κ1) is 17.1. The molecule has 1 fully saturated rings. The molecule has 0 bridgehead atoms. The maximum Gasteiger partial charge on any atom is 0.154 e. The molecule has 0 aliphatic carbocycles. The number of hydrogen-bond acceptors (Lipinski definition) is 7. The molecular weight excluding hydrogens is 342 g/mol. The quantitative estimate of drug-likeness (QED) is 0.691. The standard InChI is InChI=1S/C18H21N9/c1-13-3-4-15(9-19)17(22-13)26-7-5-14(6-8-26)18-24-23-16(25(18)2)10-27-12-20-11-21-27/h3-4,11-12,14H,5-8,10H2,1-2H3. The molecule has 1 saturated heterocycles. The van der Waals surface area contributed by atoms with E-state index in [0.29, 0.717) is 18.0 Å². The first-order chi connectivity index (χ1) is 13.2. The molecule has 0 atom stereocenters. The van der Waals surface area contributed by atoms with Crippen molar-refractivity contribution in [2.24, 2.45) is 7.05 Å². The Balaban J connectivity index is 1.46. The topological polar surface area (TPSA) is 101 Å². The van der Waals surface area contributed by atoms with Crippen molar-refractivity contribution in [2.45, 2.75) is 32.2 Å². The van der Waals surface area contributed by atoms with Crippen LogP contribution in [0.1, 0.15) is 41.7 Å². The highest BCUT2D eigenvalue weighted by Crippen LogP contribution is 2.30. The predicted octanol–water partition coefficient (Wildman–Crippen LogP) is 1.41. The summed E-state index contributed by atoms with van der Waals surface area (Å²) in [6.07, 6.45) is 5.10. The van der Waals surface area contributed by atoms with Crippen molar-refractivity contribution >= 4 is 5.82 Å². The fourth-order valence-corrected chi connectivity index (χ4v) is 3.55. The van der Waals surface area contributed by atoms with E-state index in [1.807, 2.05) is 26.1 Å². The van der Waals surface area contributed by atoms with Gasteiger partial charge in [-0.05, 0) is 31.9 Å². The molecule has 1 aliphatic heterocycles. The van der Waals surface area contributed by atoms with Crippen molar-refractivity contribution < 1.29 is 0 Å². The smallest absolute Gasteiger partial charge is 0.154 e. The molecule has 0 amide bonds. The minimum Gasteiger partial charge on any atom is -0.355 e. The molecule has 4 rings (SSSR count). The number of nitriles is 1. The summed E-state index contributed by atoms with van der Waals surface area (Å²) in [6.45, 7) is 4.21. The van der Waals surface area contributed by atoms with E-state index in [1.54, 1.807) is 11.0 Å². The Labute approximate surface area is 157 Å². The molecule has 1 aliphatic rings.